The quantitative estimate of drug-likeness (QED) is 0.652. The normalized spacial score (nSPS) is 15.9. The second kappa shape index (κ2) is 7.09. The summed E-state index contributed by atoms with van der Waals surface area (Å²) in [4.78, 5) is 4.88. The number of rotatable bonds is 6. The minimum atomic E-state index is 0.550. The highest BCUT2D eigenvalue weighted by Crippen LogP contribution is 2.32. The van der Waals surface area contributed by atoms with Gasteiger partial charge in [-0.15, -0.1) is 0 Å². The summed E-state index contributed by atoms with van der Waals surface area (Å²) in [5, 5.41) is 0. The highest BCUT2D eigenvalue weighted by atomic mass is 79.9. The minimum absolute atomic E-state index is 0.550. The average molecular weight is 322 g/mol. The largest absolute Gasteiger partial charge is 0.292 e. The lowest BCUT2D eigenvalue weighted by Crippen LogP contribution is -2.30. The lowest BCUT2D eigenvalue weighted by atomic mass is 9.94. The Morgan fingerprint density at radius 3 is 2.89 bits per heavy atom. The summed E-state index contributed by atoms with van der Waals surface area (Å²) in [7, 11) is 0. The van der Waals surface area contributed by atoms with E-state index in [1.54, 1.807) is 0 Å². The highest BCUT2D eigenvalue weighted by Gasteiger charge is 2.24. The minimum Gasteiger partial charge on any atom is -0.292 e. The lowest BCUT2D eigenvalue weighted by molar-refractivity contribution is 0.511. The second-order valence-electron chi connectivity index (χ2n) is 5.09. The van der Waals surface area contributed by atoms with E-state index in [2.05, 4.69) is 64.6 Å². The van der Waals surface area contributed by atoms with Gasteiger partial charge in [0.2, 0.25) is 0 Å². The van der Waals surface area contributed by atoms with Crippen LogP contribution in [-0.4, -0.2) is 9.76 Å². The summed E-state index contributed by atoms with van der Waals surface area (Å²) >= 11 is 3.68. The standard InChI is InChI=1S/C16H22BrN2/c1-3-5-9-13(8-4-2)16-18-15-11-7-6-10-14(15)12-19(16)17/h3,6-7,10-11,13H,4-5,8-9,12H2,1-2H3. The van der Waals surface area contributed by atoms with Gasteiger partial charge in [0.05, 0.1) is 28.4 Å². The molecule has 0 saturated heterocycles. The monoisotopic (exact) mass is 321 g/mol. The molecule has 1 heterocycles. The van der Waals surface area contributed by atoms with E-state index in [1.807, 2.05) is 0 Å². The van der Waals surface area contributed by atoms with Crippen LogP contribution in [0.25, 0.3) is 0 Å². The maximum Gasteiger partial charge on any atom is 0.118 e. The Hall–Kier alpha value is -0.830. The number of unbranched alkanes of at least 4 members (excludes halogenated alkanes) is 1. The van der Waals surface area contributed by atoms with Crippen molar-refractivity contribution in [3.05, 3.63) is 36.2 Å². The molecule has 3 heteroatoms. The number of amidine groups is 1. The molecular weight excluding hydrogens is 300 g/mol. The van der Waals surface area contributed by atoms with Crippen LogP contribution in [0.4, 0.5) is 5.69 Å². The molecule has 1 unspecified atom stereocenters. The molecule has 0 spiro atoms. The zero-order chi connectivity index (χ0) is 13.7. The van der Waals surface area contributed by atoms with Gasteiger partial charge in [0.1, 0.15) is 5.84 Å². The number of aliphatic imine (C=N–C) groups is 1. The van der Waals surface area contributed by atoms with Gasteiger partial charge in [0.25, 0.3) is 0 Å². The first-order valence-corrected chi connectivity index (χ1v) is 7.84. The molecule has 19 heavy (non-hydrogen) atoms. The van der Waals surface area contributed by atoms with Gasteiger partial charge in [-0.05, 0) is 37.3 Å². The SMILES string of the molecule is C[CH]CCC(CCC)C1=Nc2ccccc2CN1Br. The van der Waals surface area contributed by atoms with E-state index in [0.29, 0.717) is 5.92 Å². The number of benzene rings is 1. The highest BCUT2D eigenvalue weighted by molar-refractivity contribution is 9.07. The molecule has 1 atom stereocenters. The number of para-hydroxylation sites is 1. The van der Waals surface area contributed by atoms with Crippen LogP contribution in [0, 0.1) is 12.3 Å². The zero-order valence-corrected chi connectivity index (χ0v) is 13.4. The molecule has 1 aliphatic heterocycles. The first kappa shape index (κ1) is 14.6. The smallest absolute Gasteiger partial charge is 0.118 e. The van der Waals surface area contributed by atoms with E-state index >= 15 is 0 Å². The van der Waals surface area contributed by atoms with Crippen molar-refractivity contribution in [3.63, 3.8) is 0 Å². The Labute approximate surface area is 125 Å². The molecule has 2 rings (SSSR count). The predicted molar refractivity (Wildman–Crippen MR) is 85.6 cm³/mol. The van der Waals surface area contributed by atoms with Gasteiger partial charge in [0.15, 0.2) is 0 Å². The van der Waals surface area contributed by atoms with E-state index in [1.165, 1.54) is 30.7 Å². The third-order valence-electron chi connectivity index (χ3n) is 3.59. The molecule has 0 saturated carbocycles. The second-order valence-corrected chi connectivity index (χ2v) is 5.95. The summed E-state index contributed by atoms with van der Waals surface area (Å²) in [5.74, 6) is 1.75. The predicted octanol–water partition coefficient (Wildman–Crippen LogP) is 5.26. The van der Waals surface area contributed by atoms with Crippen molar-refractivity contribution >= 4 is 27.7 Å². The molecule has 2 nitrogen and oxygen atoms in total. The van der Waals surface area contributed by atoms with Crippen molar-refractivity contribution < 1.29 is 0 Å². The fourth-order valence-corrected chi connectivity index (χ4v) is 3.21. The fraction of sp³-hybridized carbons (Fsp3) is 0.500. The molecule has 1 aromatic rings. The van der Waals surface area contributed by atoms with Crippen LogP contribution in [0.3, 0.4) is 0 Å². The van der Waals surface area contributed by atoms with Crippen molar-refractivity contribution in [2.24, 2.45) is 10.9 Å². The van der Waals surface area contributed by atoms with Crippen LogP contribution < -0.4 is 0 Å². The van der Waals surface area contributed by atoms with Gasteiger partial charge in [-0.25, -0.2) is 4.99 Å². The topological polar surface area (TPSA) is 15.6 Å². The molecule has 0 aromatic heterocycles. The molecule has 0 N–H and O–H groups in total. The zero-order valence-electron chi connectivity index (χ0n) is 11.8. The first-order valence-electron chi connectivity index (χ1n) is 7.13. The van der Waals surface area contributed by atoms with Crippen LogP contribution in [0.1, 0.15) is 45.1 Å². The lowest BCUT2D eigenvalue weighted by Gasteiger charge is -2.30. The van der Waals surface area contributed by atoms with Crippen LogP contribution in [-0.2, 0) is 6.54 Å². The summed E-state index contributed by atoms with van der Waals surface area (Å²) in [6.45, 7) is 5.29. The summed E-state index contributed by atoms with van der Waals surface area (Å²) in [6.07, 6.45) is 7.00. The number of fused-ring (bicyclic) bond motifs is 1. The molecule has 0 fully saturated rings. The van der Waals surface area contributed by atoms with E-state index in [0.717, 1.165) is 18.7 Å². The van der Waals surface area contributed by atoms with Crippen LogP contribution in [0.15, 0.2) is 29.3 Å². The molecule has 0 amide bonds. The van der Waals surface area contributed by atoms with E-state index in [4.69, 9.17) is 4.99 Å². The van der Waals surface area contributed by atoms with Gasteiger partial charge < -0.3 is 0 Å². The van der Waals surface area contributed by atoms with E-state index in [-0.39, 0.29) is 0 Å². The molecule has 1 aromatic carbocycles. The van der Waals surface area contributed by atoms with Gasteiger partial charge in [-0.3, -0.25) is 3.93 Å². The van der Waals surface area contributed by atoms with Crippen LogP contribution >= 0.6 is 16.1 Å². The third-order valence-corrected chi connectivity index (χ3v) is 4.20. The van der Waals surface area contributed by atoms with Gasteiger partial charge >= 0.3 is 0 Å². The molecular formula is C16H22BrN2. The Morgan fingerprint density at radius 2 is 2.16 bits per heavy atom. The molecule has 0 bridgehead atoms. The summed E-state index contributed by atoms with van der Waals surface area (Å²) < 4.78 is 2.14. The number of nitrogens with zero attached hydrogens (tertiary/aromatic N) is 2. The molecule has 1 aliphatic rings. The molecule has 1 radical (unpaired) electrons. The third kappa shape index (κ3) is 3.59. The number of halogens is 1. The Kier molecular flexibility index (Phi) is 5.44. The van der Waals surface area contributed by atoms with Crippen molar-refractivity contribution in [3.8, 4) is 0 Å². The molecule has 0 aliphatic carbocycles. The van der Waals surface area contributed by atoms with E-state index in [9.17, 15) is 0 Å². The van der Waals surface area contributed by atoms with Crippen molar-refractivity contribution in [2.45, 2.75) is 46.1 Å². The van der Waals surface area contributed by atoms with Crippen LogP contribution in [0.2, 0.25) is 0 Å². The number of hydrogen-bond acceptors (Lipinski definition) is 2. The van der Waals surface area contributed by atoms with Gasteiger partial charge in [-0.2, -0.15) is 0 Å². The Bertz CT molecular complexity index is 442. The maximum atomic E-state index is 4.88. The fourth-order valence-electron chi connectivity index (χ4n) is 2.57. The van der Waals surface area contributed by atoms with Crippen molar-refractivity contribution in [2.75, 3.05) is 0 Å². The Morgan fingerprint density at radius 1 is 1.37 bits per heavy atom. The van der Waals surface area contributed by atoms with Crippen LogP contribution in [0.5, 0.6) is 0 Å². The van der Waals surface area contributed by atoms with Gasteiger partial charge in [-0.1, -0.05) is 38.5 Å². The van der Waals surface area contributed by atoms with Crippen molar-refractivity contribution in [1.29, 1.82) is 0 Å². The Balaban J connectivity index is 2.23. The van der Waals surface area contributed by atoms with E-state index < -0.39 is 0 Å². The van der Waals surface area contributed by atoms with Gasteiger partial charge in [0, 0.05) is 5.92 Å². The molecule has 103 valence electrons. The summed E-state index contributed by atoms with van der Waals surface area (Å²) in [6, 6.07) is 8.41. The maximum absolute atomic E-state index is 4.88. The first-order chi connectivity index (χ1) is 9.26. The average Bonchev–Trinajstić information content (AvgIpc) is 2.43. The number of hydrogen-bond donors (Lipinski definition) is 0. The van der Waals surface area contributed by atoms with Crippen molar-refractivity contribution in [1.82, 2.24) is 3.93 Å². The summed E-state index contributed by atoms with van der Waals surface area (Å²) in [5.41, 5.74) is 2.43.